The third kappa shape index (κ3) is 3.09. The smallest absolute Gasteiger partial charge is 0.161 e. The molecule has 2 atom stereocenters. The van der Waals surface area contributed by atoms with E-state index in [1.807, 2.05) is 0 Å². The maximum absolute atomic E-state index is 13.3. The molecule has 2 aliphatic rings. The van der Waals surface area contributed by atoms with Gasteiger partial charge in [-0.05, 0) is 42.0 Å². The van der Waals surface area contributed by atoms with E-state index in [-0.39, 0.29) is 54.5 Å². The Hall–Kier alpha value is -1.55. The van der Waals surface area contributed by atoms with E-state index in [0.29, 0.717) is 5.56 Å². The molecule has 126 valence electrons. The summed E-state index contributed by atoms with van der Waals surface area (Å²) in [5, 5.41) is 0. The highest BCUT2D eigenvalue weighted by molar-refractivity contribution is 5.83. The topological polar surface area (TPSA) is 38.8 Å². The van der Waals surface area contributed by atoms with Crippen LogP contribution in [0.5, 0.6) is 11.5 Å². The summed E-state index contributed by atoms with van der Waals surface area (Å²) in [6.07, 6.45) is -2.59. The minimum Gasteiger partial charge on any atom is -0.493 e. The third-order valence-corrected chi connectivity index (χ3v) is 4.07. The predicted molar refractivity (Wildman–Crippen MR) is 90.1 cm³/mol. The van der Waals surface area contributed by atoms with Crippen LogP contribution >= 0.6 is 0 Å². The molecule has 1 aromatic rings. The molecule has 3 rings (SSSR count). The summed E-state index contributed by atoms with van der Waals surface area (Å²) in [5.74, 6) is -3.63. The standard InChI is InChI=1S/C19H27NO3/c1-12(2)7-14-11-20-6-5-13-8-18(22-3)19(23-4)9-15(13)16(20)10-17(14)21/h8-9,12,14,16H,5-7,10-11H2,1-4H3/i8D,9D,10D2,11D2,14D. The highest BCUT2D eigenvalue weighted by Gasteiger charge is 2.38. The summed E-state index contributed by atoms with van der Waals surface area (Å²) in [6, 6.07) is -1.73. The molecule has 2 unspecified atom stereocenters. The quantitative estimate of drug-likeness (QED) is 0.852. The zero-order valence-corrected chi connectivity index (χ0v) is 13.9. The first kappa shape index (κ1) is 9.67. The van der Waals surface area contributed by atoms with Gasteiger partial charge < -0.3 is 9.47 Å². The van der Waals surface area contributed by atoms with E-state index in [9.17, 15) is 4.79 Å². The Morgan fingerprint density at radius 1 is 1.39 bits per heavy atom. The lowest BCUT2D eigenvalue weighted by Crippen LogP contribution is -2.46. The van der Waals surface area contributed by atoms with E-state index in [0.717, 1.165) is 0 Å². The third-order valence-electron chi connectivity index (χ3n) is 4.07. The van der Waals surface area contributed by atoms with Crippen molar-refractivity contribution < 1.29 is 23.9 Å². The number of carbonyl (C=O) groups is 1. The molecule has 4 nitrogen and oxygen atoms in total. The highest BCUT2D eigenvalue weighted by atomic mass is 16.5. The molecule has 0 amide bonds. The minimum atomic E-state index is -2.63. The van der Waals surface area contributed by atoms with Gasteiger partial charge in [0.25, 0.3) is 0 Å². The number of hydrogen-bond donors (Lipinski definition) is 0. The molecule has 2 aliphatic heterocycles. The van der Waals surface area contributed by atoms with Crippen LogP contribution in [0.4, 0.5) is 0 Å². The Morgan fingerprint density at radius 3 is 2.74 bits per heavy atom. The molecule has 23 heavy (non-hydrogen) atoms. The van der Waals surface area contributed by atoms with Gasteiger partial charge in [0.1, 0.15) is 5.78 Å². The summed E-state index contributed by atoms with van der Waals surface area (Å²) in [6.45, 7) is 1.08. The van der Waals surface area contributed by atoms with Gasteiger partial charge in [-0.1, -0.05) is 13.8 Å². The molecule has 1 saturated heterocycles. The SMILES string of the molecule is [2H]c1c2c(c([2H])c(OC)c1OC)C1N(CC2)C([2H])([2H])C([2H])(CC(C)C)C(=O)C1([2H])[2H]. The summed E-state index contributed by atoms with van der Waals surface area (Å²) in [5.41, 5.74) is 0.394. The van der Waals surface area contributed by atoms with Crippen LogP contribution in [0.3, 0.4) is 0 Å². The average molecular weight is 324 g/mol. The molecule has 0 aromatic heterocycles. The fourth-order valence-electron chi connectivity index (χ4n) is 3.00. The zero-order chi connectivity index (χ0) is 22.8. The van der Waals surface area contributed by atoms with Crippen molar-refractivity contribution in [3.8, 4) is 11.5 Å². The molecular weight excluding hydrogens is 290 g/mol. The molecule has 0 aliphatic carbocycles. The number of carbonyl (C=O) groups excluding carboxylic acids is 1. The van der Waals surface area contributed by atoms with Crippen LogP contribution in [0.1, 0.15) is 53.4 Å². The number of methoxy groups -OCH3 is 2. The molecule has 2 heterocycles. The van der Waals surface area contributed by atoms with Crippen molar-refractivity contribution >= 4 is 5.78 Å². The second-order valence-corrected chi connectivity index (χ2v) is 6.22. The van der Waals surface area contributed by atoms with Gasteiger partial charge in [0, 0.05) is 38.2 Å². The first-order valence-electron chi connectivity index (χ1n) is 11.3. The summed E-state index contributed by atoms with van der Waals surface area (Å²) in [4.78, 5) is 14.5. The first-order valence-corrected chi connectivity index (χ1v) is 7.82. The minimum absolute atomic E-state index is 0.0109. The Bertz CT molecular complexity index is 890. The fourth-order valence-corrected chi connectivity index (χ4v) is 3.00. The van der Waals surface area contributed by atoms with E-state index in [1.165, 1.54) is 19.1 Å². The van der Waals surface area contributed by atoms with Gasteiger partial charge in [0.2, 0.25) is 0 Å². The van der Waals surface area contributed by atoms with E-state index < -0.39 is 30.6 Å². The molecule has 0 bridgehead atoms. The average Bonchev–Trinajstić information content (AvgIpc) is 2.66. The van der Waals surface area contributed by atoms with E-state index in [4.69, 9.17) is 19.1 Å². The molecule has 0 radical (unpaired) electrons. The number of benzene rings is 1. The van der Waals surface area contributed by atoms with Crippen molar-refractivity contribution in [1.29, 1.82) is 0 Å². The van der Waals surface area contributed by atoms with Gasteiger partial charge in [0.05, 0.1) is 17.0 Å². The molecule has 0 spiro atoms. The summed E-state index contributed by atoms with van der Waals surface area (Å²) >= 11 is 0. The number of nitrogens with zero attached hydrogens (tertiary/aromatic N) is 1. The zero-order valence-electron chi connectivity index (χ0n) is 20.9. The molecular formula is C19H27NO3. The molecule has 0 N–H and O–H groups in total. The van der Waals surface area contributed by atoms with Gasteiger partial charge >= 0.3 is 0 Å². The van der Waals surface area contributed by atoms with Gasteiger partial charge in [-0.2, -0.15) is 0 Å². The van der Waals surface area contributed by atoms with Crippen molar-refractivity contribution in [3.05, 3.63) is 23.2 Å². The lowest BCUT2D eigenvalue weighted by atomic mass is 9.80. The maximum Gasteiger partial charge on any atom is 0.161 e. The normalized spacial score (nSPS) is 36.3. The van der Waals surface area contributed by atoms with Crippen LogP contribution in [0.15, 0.2) is 12.1 Å². The monoisotopic (exact) mass is 324 g/mol. The van der Waals surface area contributed by atoms with E-state index in [2.05, 4.69) is 0 Å². The largest absolute Gasteiger partial charge is 0.493 e. The number of Topliss-reactive ketones (excluding diaryl/α,β-unsaturated/α-hetero) is 1. The lowest BCUT2D eigenvalue weighted by Gasteiger charge is -2.43. The van der Waals surface area contributed by atoms with Gasteiger partial charge in [-0.25, -0.2) is 0 Å². The van der Waals surface area contributed by atoms with Crippen LogP contribution in [-0.4, -0.2) is 37.9 Å². The van der Waals surface area contributed by atoms with Crippen molar-refractivity contribution in [2.45, 2.75) is 39.1 Å². The van der Waals surface area contributed by atoms with Crippen LogP contribution in [0, 0.1) is 11.8 Å². The summed E-state index contributed by atoms with van der Waals surface area (Å²) in [7, 11) is 2.65. The summed E-state index contributed by atoms with van der Waals surface area (Å²) < 4.78 is 70.9. The Labute approximate surface area is 148 Å². The first-order chi connectivity index (χ1) is 13.8. The molecule has 1 aromatic carbocycles. The predicted octanol–water partition coefficient (Wildman–Crippen LogP) is 3.24. The maximum atomic E-state index is 13.3. The number of hydrogen-bond acceptors (Lipinski definition) is 4. The van der Waals surface area contributed by atoms with Gasteiger partial charge in [-0.3, -0.25) is 9.69 Å². The number of fused-ring (bicyclic) bond motifs is 3. The van der Waals surface area contributed by atoms with E-state index in [1.54, 1.807) is 13.8 Å². The van der Waals surface area contributed by atoms with E-state index >= 15 is 0 Å². The van der Waals surface area contributed by atoms with Crippen LogP contribution < -0.4 is 9.47 Å². The second-order valence-electron chi connectivity index (χ2n) is 6.22. The van der Waals surface area contributed by atoms with Crippen molar-refractivity contribution in [3.63, 3.8) is 0 Å². The second kappa shape index (κ2) is 6.52. The Kier molecular flexibility index (Phi) is 2.74. The van der Waals surface area contributed by atoms with Gasteiger partial charge in [0.15, 0.2) is 11.5 Å². The van der Waals surface area contributed by atoms with Crippen molar-refractivity contribution in [1.82, 2.24) is 4.90 Å². The number of rotatable bonds is 4. The molecule has 4 heteroatoms. The van der Waals surface area contributed by atoms with Crippen LogP contribution in [-0.2, 0) is 11.2 Å². The van der Waals surface area contributed by atoms with Crippen LogP contribution in [0.2, 0.25) is 0 Å². The highest BCUT2D eigenvalue weighted by Crippen LogP contribution is 2.42. The number of ketones is 1. The fraction of sp³-hybridized carbons (Fsp3) is 0.632. The number of piperidine rings is 1. The van der Waals surface area contributed by atoms with Gasteiger partial charge in [-0.15, -0.1) is 0 Å². The molecule has 0 saturated carbocycles. The van der Waals surface area contributed by atoms with Crippen LogP contribution in [0.25, 0.3) is 0 Å². The Morgan fingerprint density at radius 2 is 2.09 bits per heavy atom. The number of ether oxygens (including phenoxy) is 2. The van der Waals surface area contributed by atoms with Crippen molar-refractivity contribution in [2.75, 3.05) is 27.3 Å². The Balaban J connectivity index is 2.31. The lowest BCUT2D eigenvalue weighted by molar-refractivity contribution is -0.129. The molecule has 1 fully saturated rings. The van der Waals surface area contributed by atoms with Crippen molar-refractivity contribution in [2.24, 2.45) is 11.8 Å².